The maximum atomic E-state index is 12.5. The van der Waals surface area contributed by atoms with Gasteiger partial charge in [0.1, 0.15) is 5.52 Å². The van der Waals surface area contributed by atoms with Crippen LogP contribution in [-0.4, -0.2) is 70.9 Å². The van der Waals surface area contributed by atoms with Crippen molar-refractivity contribution >= 4 is 32.7 Å². The number of nitrogens with zero attached hydrogens (tertiary/aromatic N) is 4. The third-order valence-electron chi connectivity index (χ3n) is 4.81. The van der Waals surface area contributed by atoms with Crippen LogP contribution in [0.1, 0.15) is 37.0 Å². The number of aromatic nitrogens is 3. The number of fused-ring (bicyclic) bond motifs is 1. The van der Waals surface area contributed by atoms with E-state index in [4.69, 9.17) is 4.74 Å². The van der Waals surface area contributed by atoms with Crippen molar-refractivity contribution in [3.8, 4) is 0 Å². The minimum atomic E-state index is -3.10. The van der Waals surface area contributed by atoms with Crippen molar-refractivity contribution < 1.29 is 22.7 Å². The summed E-state index contributed by atoms with van der Waals surface area (Å²) < 4.78 is 30.3. The van der Waals surface area contributed by atoms with E-state index in [1.807, 2.05) is 13.8 Å². The van der Waals surface area contributed by atoms with Crippen molar-refractivity contribution in [1.82, 2.24) is 19.9 Å². The quantitative estimate of drug-likeness (QED) is 0.629. The molecule has 1 aliphatic rings. The number of hydrogen-bond donors (Lipinski definition) is 0. The zero-order valence-electron chi connectivity index (χ0n) is 16.0. The van der Waals surface area contributed by atoms with Gasteiger partial charge in [-0.3, -0.25) is 4.79 Å². The second-order valence-electron chi connectivity index (χ2n) is 6.83. The van der Waals surface area contributed by atoms with Crippen LogP contribution in [0.25, 0.3) is 11.0 Å². The second-order valence-corrected chi connectivity index (χ2v) is 9.06. The Morgan fingerprint density at radius 2 is 2.11 bits per heavy atom. The maximum Gasteiger partial charge on any atom is 0.338 e. The van der Waals surface area contributed by atoms with Crippen LogP contribution >= 0.6 is 0 Å². The first kappa shape index (κ1) is 20.2. The molecule has 152 valence electrons. The van der Waals surface area contributed by atoms with Gasteiger partial charge in [0.2, 0.25) is 0 Å². The van der Waals surface area contributed by atoms with Crippen LogP contribution < -0.4 is 0 Å². The number of ether oxygens (including phenoxy) is 1. The molecule has 10 heteroatoms. The highest BCUT2D eigenvalue weighted by atomic mass is 32.2. The Morgan fingerprint density at radius 1 is 1.32 bits per heavy atom. The Labute approximate surface area is 163 Å². The van der Waals surface area contributed by atoms with Gasteiger partial charge in [0.25, 0.3) is 5.91 Å². The van der Waals surface area contributed by atoms with E-state index >= 15 is 0 Å². The number of aryl methyl sites for hydroxylation is 1. The summed E-state index contributed by atoms with van der Waals surface area (Å²) in [5.74, 6) is -0.952. The van der Waals surface area contributed by atoms with Gasteiger partial charge in [-0.25, -0.2) is 17.9 Å². The van der Waals surface area contributed by atoms with Crippen molar-refractivity contribution in [1.29, 1.82) is 0 Å². The summed E-state index contributed by atoms with van der Waals surface area (Å²) in [5.41, 5.74) is 1.67. The molecular formula is C18H24N4O5S. The first-order valence-electron chi connectivity index (χ1n) is 9.35. The fraction of sp³-hybridized carbons (Fsp3) is 0.556. The number of hydrogen-bond acceptors (Lipinski definition) is 7. The van der Waals surface area contributed by atoms with E-state index in [1.54, 1.807) is 22.9 Å². The SMILES string of the molecule is CCCN(C(=O)COC(=O)c1ccc2c(c1)nnn2CC)[C@H]1CCS(=O)(=O)C1. The predicted octanol–water partition coefficient (Wildman–Crippen LogP) is 1.03. The van der Waals surface area contributed by atoms with Crippen molar-refractivity contribution in [2.24, 2.45) is 0 Å². The Balaban J connectivity index is 1.64. The van der Waals surface area contributed by atoms with Gasteiger partial charge in [0.05, 0.1) is 22.6 Å². The van der Waals surface area contributed by atoms with E-state index < -0.39 is 22.4 Å². The molecule has 2 aromatic rings. The summed E-state index contributed by atoms with van der Waals surface area (Å²) in [7, 11) is -3.10. The van der Waals surface area contributed by atoms with E-state index in [2.05, 4.69) is 10.3 Å². The van der Waals surface area contributed by atoms with Crippen LogP contribution in [0.3, 0.4) is 0 Å². The second kappa shape index (κ2) is 8.26. The van der Waals surface area contributed by atoms with Gasteiger partial charge in [-0.05, 0) is 38.0 Å². The highest BCUT2D eigenvalue weighted by molar-refractivity contribution is 7.91. The molecule has 0 spiro atoms. The lowest BCUT2D eigenvalue weighted by Gasteiger charge is -2.27. The molecule has 0 saturated carbocycles. The van der Waals surface area contributed by atoms with Gasteiger partial charge in [-0.15, -0.1) is 5.10 Å². The minimum absolute atomic E-state index is 0.0313. The predicted molar refractivity (Wildman–Crippen MR) is 103 cm³/mol. The monoisotopic (exact) mass is 408 g/mol. The van der Waals surface area contributed by atoms with Crippen LogP contribution in [-0.2, 0) is 25.9 Å². The molecule has 9 nitrogen and oxygen atoms in total. The smallest absolute Gasteiger partial charge is 0.338 e. The van der Waals surface area contributed by atoms with E-state index in [9.17, 15) is 18.0 Å². The molecule has 0 radical (unpaired) electrons. The van der Waals surface area contributed by atoms with Gasteiger partial charge in [-0.1, -0.05) is 12.1 Å². The van der Waals surface area contributed by atoms with Gasteiger partial charge in [0.15, 0.2) is 16.4 Å². The Morgan fingerprint density at radius 3 is 2.75 bits per heavy atom. The third kappa shape index (κ3) is 4.32. The molecule has 0 unspecified atom stereocenters. The molecule has 28 heavy (non-hydrogen) atoms. The third-order valence-corrected chi connectivity index (χ3v) is 6.56. The summed E-state index contributed by atoms with van der Waals surface area (Å²) in [4.78, 5) is 26.4. The molecule has 0 N–H and O–H groups in total. The molecule has 1 aliphatic heterocycles. The van der Waals surface area contributed by atoms with E-state index in [-0.39, 0.29) is 29.0 Å². The molecule has 0 bridgehead atoms. The first-order chi connectivity index (χ1) is 13.3. The van der Waals surface area contributed by atoms with Gasteiger partial charge in [0, 0.05) is 19.1 Å². The summed E-state index contributed by atoms with van der Waals surface area (Å²) in [6, 6.07) is 4.58. The Bertz CT molecular complexity index is 985. The molecule has 3 rings (SSSR count). The van der Waals surface area contributed by atoms with Crippen molar-refractivity contribution in [2.45, 2.75) is 39.3 Å². The number of esters is 1. The van der Waals surface area contributed by atoms with Crippen molar-refractivity contribution in [3.05, 3.63) is 23.8 Å². The van der Waals surface area contributed by atoms with Crippen molar-refractivity contribution in [3.63, 3.8) is 0 Å². The zero-order chi connectivity index (χ0) is 20.3. The average molecular weight is 408 g/mol. The Hall–Kier alpha value is -2.49. The number of carbonyl (C=O) groups excluding carboxylic acids is 2. The average Bonchev–Trinajstić information content (AvgIpc) is 3.25. The van der Waals surface area contributed by atoms with E-state index in [1.165, 1.54) is 4.90 Å². The number of carbonyl (C=O) groups is 2. The number of rotatable bonds is 7. The van der Waals surface area contributed by atoms with Crippen LogP contribution in [0.15, 0.2) is 18.2 Å². The molecule has 1 aromatic carbocycles. The van der Waals surface area contributed by atoms with Crippen molar-refractivity contribution in [2.75, 3.05) is 24.7 Å². The van der Waals surface area contributed by atoms with Crippen LogP contribution in [0.5, 0.6) is 0 Å². The molecule has 1 amide bonds. The lowest BCUT2D eigenvalue weighted by atomic mass is 10.2. The van der Waals surface area contributed by atoms with Crippen LogP contribution in [0.2, 0.25) is 0 Å². The van der Waals surface area contributed by atoms with E-state index in [0.717, 1.165) is 5.52 Å². The molecular weight excluding hydrogens is 384 g/mol. The molecule has 1 saturated heterocycles. The normalized spacial score (nSPS) is 18.3. The standard InChI is InChI=1S/C18H24N4O5S/c1-3-8-21(14-7-9-28(25,26)12-14)17(23)11-27-18(24)13-5-6-16-15(10-13)19-20-22(16)4-2/h5-6,10,14H,3-4,7-9,11-12H2,1-2H3/t14-/m0/s1. The zero-order valence-corrected chi connectivity index (χ0v) is 16.8. The molecule has 1 atom stereocenters. The van der Waals surface area contributed by atoms with Gasteiger partial charge in [-0.2, -0.15) is 0 Å². The highest BCUT2D eigenvalue weighted by Crippen LogP contribution is 2.19. The van der Waals surface area contributed by atoms with Crippen LogP contribution in [0, 0.1) is 0 Å². The van der Waals surface area contributed by atoms with Crippen LogP contribution in [0.4, 0.5) is 0 Å². The lowest BCUT2D eigenvalue weighted by Crippen LogP contribution is -2.43. The van der Waals surface area contributed by atoms with Gasteiger partial charge >= 0.3 is 5.97 Å². The molecule has 0 aliphatic carbocycles. The number of amides is 1. The largest absolute Gasteiger partial charge is 0.452 e. The summed E-state index contributed by atoms with van der Waals surface area (Å²) in [6.07, 6.45) is 1.12. The lowest BCUT2D eigenvalue weighted by molar-refractivity contribution is -0.136. The summed E-state index contributed by atoms with van der Waals surface area (Å²) in [6.45, 7) is 4.53. The summed E-state index contributed by atoms with van der Waals surface area (Å²) in [5, 5.41) is 8.01. The summed E-state index contributed by atoms with van der Waals surface area (Å²) >= 11 is 0. The number of benzene rings is 1. The van der Waals surface area contributed by atoms with Gasteiger partial charge < -0.3 is 9.64 Å². The maximum absolute atomic E-state index is 12.5. The number of sulfone groups is 1. The fourth-order valence-electron chi connectivity index (χ4n) is 3.40. The molecule has 1 fully saturated rings. The topological polar surface area (TPSA) is 111 Å². The van der Waals surface area contributed by atoms with E-state index in [0.29, 0.717) is 31.4 Å². The first-order valence-corrected chi connectivity index (χ1v) is 11.2. The molecule has 2 heterocycles. The minimum Gasteiger partial charge on any atom is -0.452 e. The highest BCUT2D eigenvalue weighted by Gasteiger charge is 2.34. The fourth-order valence-corrected chi connectivity index (χ4v) is 5.13. The Kier molecular flexibility index (Phi) is 5.97. The molecule has 1 aromatic heterocycles.